The van der Waals surface area contributed by atoms with Gasteiger partial charge in [0.05, 0.1) is 0 Å². The van der Waals surface area contributed by atoms with Gasteiger partial charge in [0.25, 0.3) is 0 Å². The van der Waals surface area contributed by atoms with Crippen molar-refractivity contribution in [2.75, 3.05) is 6.54 Å². The highest BCUT2D eigenvalue weighted by Crippen LogP contribution is 2.33. The van der Waals surface area contributed by atoms with Gasteiger partial charge in [-0.25, -0.2) is 4.98 Å². The number of amides is 1. The van der Waals surface area contributed by atoms with Crippen LogP contribution in [0.1, 0.15) is 19.3 Å². The first-order valence-electron chi connectivity index (χ1n) is 7.52. The van der Waals surface area contributed by atoms with E-state index in [4.69, 9.17) is 0 Å². The quantitative estimate of drug-likeness (QED) is 0.861. The van der Waals surface area contributed by atoms with Gasteiger partial charge < -0.3 is 9.47 Å². The minimum atomic E-state index is 0.325. The third kappa shape index (κ3) is 2.44. The summed E-state index contributed by atoms with van der Waals surface area (Å²) in [7, 11) is 0. The van der Waals surface area contributed by atoms with E-state index in [0.717, 1.165) is 24.5 Å². The van der Waals surface area contributed by atoms with Gasteiger partial charge in [-0.3, -0.25) is 9.78 Å². The van der Waals surface area contributed by atoms with Gasteiger partial charge in [0.1, 0.15) is 5.82 Å². The highest BCUT2D eigenvalue weighted by molar-refractivity contribution is 5.79. The summed E-state index contributed by atoms with van der Waals surface area (Å²) >= 11 is 0. The fraction of sp³-hybridized carbons (Fsp3) is 0.438. The molecule has 1 saturated heterocycles. The van der Waals surface area contributed by atoms with Crippen molar-refractivity contribution < 1.29 is 4.79 Å². The van der Waals surface area contributed by atoms with E-state index in [0.29, 0.717) is 24.3 Å². The lowest BCUT2D eigenvalue weighted by atomic mass is 10.1. The summed E-state index contributed by atoms with van der Waals surface area (Å²) < 4.78 is 2.14. The highest BCUT2D eigenvalue weighted by Gasteiger charge is 2.39. The first-order valence-corrected chi connectivity index (χ1v) is 7.52. The number of hydrogen-bond acceptors (Lipinski definition) is 3. The Hall–Kier alpha value is -2.17. The molecule has 1 unspecified atom stereocenters. The van der Waals surface area contributed by atoms with Crippen LogP contribution in [0.15, 0.2) is 36.9 Å². The first-order chi connectivity index (χ1) is 10.3. The number of carbonyl (C=O) groups is 1. The van der Waals surface area contributed by atoms with Gasteiger partial charge in [-0.2, -0.15) is 0 Å². The Kier molecular flexibility index (Phi) is 2.98. The van der Waals surface area contributed by atoms with Crippen LogP contribution in [-0.2, 0) is 11.3 Å². The zero-order valence-electron chi connectivity index (χ0n) is 11.9. The number of aromatic nitrogens is 3. The third-order valence-corrected chi connectivity index (χ3v) is 4.32. The average Bonchev–Trinajstić information content (AvgIpc) is 3.13. The molecule has 1 amide bonds. The molecule has 0 radical (unpaired) electrons. The molecule has 5 nitrogen and oxygen atoms in total. The van der Waals surface area contributed by atoms with E-state index < -0.39 is 0 Å². The topological polar surface area (TPSA) is 51.0 Å². The molecule has 2 aromatic heterocycles. The van der Waals surface area contributed by atoms with E-state index in [1.54, 1.807) is 6.20 Å². The van der Waals surface area contributed by atoms with Crippen molar-refractivity contribution in [3.8, 4) is 11.4 Å². The van der Waals surface area contributed by atoms with E-state index in [9.17, 15) is 4.79 Å². The molecule has 2 aromatic rings. The van der Waals surface area contributed by atoms with Gasteiger partial charge in [-0.1, -0.05) is 0 Å². The molecule has 1 saturated carbocycles. The molecule has 1 atom stereocenters. The molecule has 0 spiro atoms. The molecule has 4 rings (SSSR count). The summed E-state index contributed by atoms with van der Waals surface area (Å²) in [5.74, 6) is 1.65. The fourth-order valence-electron chi connectivity index (χ4n) is 3.16. The number of rotatable bonds is 4. The highest BCUT2D eigenvalue weighted by atomic mass is 16.2. The molecule has 1 aliphatic heterocycles. The van der Waals surface area contributed by atoms with Crippen molar-refractivity contribution >= 4 is 5.91 Å². The molecule has 0 N–H and O–H groups in total. The molecule has 108 valence electrons. The van der Waals surface area contributed by atoms with Crippen LogP contribution in [0.3, 0.4) is 0 Å². The summed E-state index contributed by atoms with van der Waals surface area (Å²) in [5, 5.41) is 0. The lowest BCUT2D eigenvalue weighted by Gasteiger charge is -2.16. The maximum atomic E-state index is 12.0. The van der Waals surface area contributed by atoms with Crippen molar-refractivity contribution in [3.05, 3.63) is 36.9 Å². The van der Waals surface area contributed by atoms with Gasteiger partial charge in [0, 0.05) is 61.8 Å². The normalized spacial score (nSPS) is 22.0. The van der Waals surface area contributed by atoms with Crippen molar-refractivity contribution in [1.29, 1.82) is 0 Å². The van der Waals surface area contributed by atoms with Gasteiger partial charge in [0.15, 0.2) is 0 Å². The molecule has 21 heavy (non-hydrogen) atoms. The molecule has 2 aliphatic rings. The Morgan fingerprint density at radius 3 is 2.95 bits per heavy atom. The summed E-state index contributed by atoms with van der Waals surface area (Å²) in [6.07, 6.45) is 10.4. The Labute approximate surface area is 123 Å². The first kappa shape index (κ1) is 12.6. The van der Waals surface area contributed by atoms with E-state index >= 15 is 0 Å². The van der Waals surface area contributed by atoms with Crippen molar-refractivity contribution in [3.63, 3.8) is 0 Å². The molecule has 1 aliphatic carbocycles. The number of likely N-dealkylation sites (tertiary alicyclic amines) is 1. The molecule has 0 bridgehead atoms. The molecule has 0 aromatic carbocycles. The second-order valence-electron chi connectivity index (χ2n) is 5.99. The van der Waals surface area contributed by atoms with Crippen molar-refractivity contribution in [2.24, 2.45) is 5.92 Å². The van der Waals surface area contributed by atoms with Gasteiger partial charge in [-0.05, 0) is 25.0 Å². The fourth-order valence-corrected chi connectivity index (χ4v) is 3.16. The Bertz CT molecular complexity index is 647. The summed E-state index contributed by atoms with van der Waals surface area (Å²) in [6, 6.07) is 4.47. The van der Waals surface area contributed by atoms with Crippen LogP contribution in [0.25, 0.3) is 11.4 Å². The smallest absolute Gasteiger partial charge is 0.223 e. The Morgan fingerprint density at radius 1 is 1.29 bits per heavy atom. The predicted octanol–water partition coefficient (Wildman–Crippen LogP) is 1.96. The van der Waals surface area contributed by atoms with Crippen LogP contribution in [0.4, 0.5) is 0 Å². The van der Waals surface area contributed by atoms with E-state index in [1.807, 2.05) is 30.7 Å². The van der Waals surface area contributed by atoms with Crippen LogP contribution in [0, 0.1) is 5.92 Å². The average molecular weight is 282 g/mol. The molecule has 2 fully saturated rings. The summed E-state index contributed by atoms with van der Waals surface area (Å²) in [5.41, 5.74) is 1.02. The number of pyridine rings is 1. The molecular formula is C16H18N4O. The largest absolute Gasteiger partial charge is 0.339 e. The van der Waals surface area contributed by atoms with Crippen LogP contribution in [0.5, 0.6) is 0 Å². The molecular weight excluding hydrogens is 264 g/mol. The summed E-state index contributed by atoms with van der Waals surface area (Å²) in [4.78, 5) is 22.7. The monoisotopic (exact) mass is 282 g/mol. The van der Waals surface area contributed by atoms with Crippen LogP contribution >= 0.6 is 0 Å². The third-order valence-electron chi connectivity index (χ3n) is 4.32. The number of carbonyl (C=O) groups excluding carboxylic acids is 1. The second-order valence-corrected chi connectivity index (χ2v) is 5.99. The van der Waals surface area contributed by atoms with Crippen LogP contribution < -0.4 is 0 Å². The standard InChI is InChI=1S/C16H18N4O/c21-15-8-12(11-20(15)14-3-4-14)10-19-7-6-18-16(19)13-2-1-5-17-9-13/h1-2,5-7,9,12,14H,3-4,8,10-11H2. The molecule has 5 heteroatoms. The van der Waals surface area contributed by atoms with Crippen LogP contribution in [-0.4, -0.2) is 37.9 Å². The van der Waals surface area contributed by atoms with Crippen molar-refractivity contribution in [1.82, 2.24) is 19.4 Å². The minimum Gasteiger partial charge on any atom is -0.339 e. The number of nitrogens with zero attached hydrogens (tertiary/aromatic N) is 4. The summed E-state index contributed by atoms with van der Waals surface area (Å²) in [6.45, 7) is 1.74. The second kappa shape index (κ2) is 4.98. The predicted molar refractivity (Wildman–Crippen MR) is 78.3 cm³/mol. The number of hydrogen-bond donors (Lipinski definition) is 0. The van der Waals surface area contributed by atoms with Crippen molar-refractivity contribution in [2.45, 2.75) is 31.8 Å². The zero-order chi connectivity index (χ0) is 14.2. The lowest BCUT2D eigenvalue weighted by Crippen LogP contribution is -2.27. The number of imidazole rings is 1. The van der Waals surface area contributed by atoms with Crippen LogP contribution in [0.2, 0.25) is 0 Å². The van der Waals surface area contributed by atoms with Gasteiger partial charge in [0.2, 0.25) is 5.91 Å². The maximum absolute atomic E-state index is 12.0. The van der Waals surface area contributed by atoms with E-state index in [-0.39, 0.29) is 0 Å². The SMILES string of the molecule is O=C1CC(Cn2ccnc2-c2cccnc2)CN1C1CC1. The van der Waals surface area contributed by atoms with Gasteiger partial charge in [-0.15, -0.1) is 0 Å². The zero-order valence-corrected chi connectivity index (χ0v) is 11.9. The minimum absolute atomic E-state index is 0.325. The van der Waals surface area contributed by atoms with E-state index in [1.165, 1.54) is 12.8 Å². The maximum Gasteiger partial charge on any atom is 0.223 e. The molecule has 3 heterocycles. The van der Waals surface area contributed by atoms with Gasteiger partial charge >= 0.3 is 0 Å². The van der Waals surface area contributed by atoms with E-state index in [2.05, 4.69) is 19.4 Å². The Balaban J connectivity index is 1.51. The Morgan fingerprint density at radius 2 is 2.19 bits per heavy atom. The lowest BCUT2D eigenvalue weighted by molar-refractivity contribution is -0.128.